The number of aromatic nitrogens is 2. The summed E-state index contributed by atoms with van der Waals surface area (Å²) in [5, 5.41) is 10.4. The van der Waals surface area contributed by atoms with E-state index in [1.54, 1.807) is 6.20 Å². The van der Waals surface area contributed by atoms with Crippen molar-refractivity contribution in [3.63, 3.8) is 0 Å². The smallest absolute Gasteiger partial charge is 0.229 e. The Kier molecular flexibility index (Phi) is 5.27. The SMILES string of the molecule is NCCCC(O)(CCCN)C(=O)c1ncc[nH]1. The Labute approximate surface area is 100 Å². The van der Waals surface area contributed by atoms with E-state index in [1.165, 1.54) is 6.20 Å². The summed E-state index contributed by atoms with van der Waals surface area (Å²) in [6, 6.07) is 0. The van der Waals surface area contributed by atoms with Gasteiger partial charge in [0.1, 0.15) is 5.60 Å². The largest absolute Gasteiger partial charge is 0.382 e. The predicted molar refractivity (Wildman–Crippen MR) is 64.4 cm³/mol. The van der Waals surface area contributed by atoms with Gasteiger partial charge in [0, 0.05) is 12.4 Å². The number of H-pyrrole nitrogens is 1. The van der Waals surface area contributed by atoms with Gasteiger partial charge in [0.05, 0.1) is 0 Å². The zero-order valence-corrected chi connectivity index (χ0v) is 9.85. The molecule has 0 spiro atoms. The molecule has 17 heavy (non-hydrogen) atoms. The minimum absolute atomic E-state index is 0.182. The maximum absolute atomic E-state index is 12.1. The number of nitrogens with two attached hydrogens (primary N) is 2. The molecule has 0 aliphatic heterocycles. The summed E-state index contributed by atoms with van der Waals surface area (Å²) in [6.45, 7) is 0.882. The van der Waals surface area contributed by atoms with Crippen molar-refractivity contribution in [2.75, 3.05) is 13.1 Å². The Morgan fingerprint density at radius 1 is 1.35 bits per heavy atom. The first-order valence-corrected chi connectivity index (χ1v) is 5.81. The summed E-state index contributed by atoms with van der Waals surface area (Å²) < 4.78 is 0. The summed E-state index contributed by atoms with van der Waals surface area (Å²) in [5.74, 6) is -0.203. The maximum Gasteiger partial charge on any atom is 0.229 e. The summed E-state index contributed by atoms with van der Waals surface area (Å²) in [7, 11) is 0. The highest BCUT2D eigenvalue weighted by molar-refractivity contribution is 5.99. The molecule has 0 saturated heterocycles. The van der Waals surface area contributed by atoms with Crippen molar-refractivity contribution >= 4 is 5.78 Å². The molecule has 96 valence electrons. The Morgan fingerprint density at radius 2 is 1.94 bits per heavy atom. The van der Waals surface area contributed by atoms with Gasteiger partial charge >= 0.3 is 0 Å². The number of nitrogens with zero attached hydrogens (tertiary/aromatic N) is 1. The molecule has 1 aromatic heterocycles. The molecule has 0 aliphatic carbocycles. The standard InChI is InChI=1S/C11H20N4O2/c12-5-1-3-11(17,4-2-6-13)9(16)10-14-7-8-15-10/h7-8,17H,1-6,12-13H2,(H,14,15). The van der Waals surface area contributed by atoms with Crippen LogP contribution in [0.4, 0.5) is 0 Å². The van der Waals surface area contributed by atoms with Crippen molar-refractivity contribution in [3.05, 3.63) is 18.2 Å². The van der Waals surface area contributed by atoms with E-state index in [2.05, 4.69) is 9.97 Å². The second-order valence-electron chi connectivity index (χ2n) is 4.08. The third kappa shape index (κ3) is 3.62. The van der Waals surface area contributed by atoms with E-state index in [-0.39, 0.29) is 11.6 Å². The molecular weight excluding hydrogens is 220 g/mol. The van der Waals surface area contributed by atoms with Crippen LogP contribution < -0.4 is 11.5 Å². The van der Waals surface area contributed by atoms with Crippen LogP contribution in [0.15, 0.2) is 12.4 Å². The fourth-order valence-electron chi connectivity index (χ4n) is 1.75. The third-order valence-electron chi connectivity index (χ3n) is 2.72. The molecule has 0 fully saturated rings. The van der Waals surface area contributed by atoms with E-state index < -0.39 is 5.60 Å². The molecule has 1 rings (SSSR count). The summed E-state index contributed by atoms with van der Waals surface area (Å²) >= 11 is 0. The van der Waals surface area contributed by atoms with Gasteiger partial charge in [0.2, 0.25) is 5.78 Å². The van der Waals surface area contributed by atoms with Crippen LogP contribution >= 0.6 is 0 Å². The fraction of sp³-hybridized carbons (Fsp3) is 0.636. The van der Waals surface area contributed by atoms with Crippen molar-refractivity contribution in [1.29, 1.82) is 0 Å². The number of carbonyl (C=O) groups excluding carboxylic acids is 1. The van der Waals surface area contributed by atoms with Crippen LogP contribution in [0.5, 0.6) is 0 Å². The van der Waals surface area contributed by atoms with Crippen LogP contribution in [0.25, 0.3) is 0 Å². The highest BCUT2D eigenvalue weighted by Gasteiger charge is 2.36. The molecule has 0 saturated carbocycles. The van der Waals surface area contributed by atoms with E-state index >= 15 is 0 Å². The van der Waals surface area contributed by atoms with Crippen molar-refractivity contribution in [3.8, 4) is 0 Å². The van der Waals surface area contributed by atoms with Gasteiger partial charge in [0.15, 0.2) is 5.82 Å². The number of Topliss-reactive ketones (excluding diaryl/α,β-unsaturated/α-hetero) is 1. The number of ketones is 1. The maximum atomic E-state index is 12.1. The van der Waals surface area contributed by atoms with E-state index in [9.17, 15) is 9.90 Å². The molecule has 0 atom stereocenters. The molecule has 0 aliphatic rings. The van der Waals surface area contributed by atoms with Crippen molar-refractivity contribution < 1.29 is 9.90 Å². The van der Waals surface area contributed by atoms with Gasteiger partial charge in [-0.3, -0.25) is 4.79 Å². The number of rotatable bonds is 8. The first-order valence-electron chi connectivity index (χ1n) is 5.81. The lowest BCUT2D eigenvalue weighted by atomic mass is 9.87. The van der Waals surface area contributed by atoms with Gasteiger partial charge < -0.3 is 21.6 Å². The lowest BCUT2D eigenvalue weighted by molar-refractivity contribution is 0.0202. The molecule has 0 unspecified atom stereocenters. The van der Waals surface area contributed by atoms with E-state index in [0.717, 1.165) is 0 Å². The van der Waals surface area contributed by atoms with Crippen molar-refractivity contribution in [2.24, 2.45) is 11.5 Å². The topological polar surface area (TPSA) is 118 Å². The molecule has 6 nitrogen and oxygen atoms in total. The summed E-state index contributed by atoms with van der Waals surface area (Å²) in [6.07, 6.45) is 4.89. The second-order valence-corrected chi connectivity index (χ2v) is 4.08. The lowest BCUT2D eigenvalue weighted by Gasteiger charge is -2.25. The van der Waals surface area contributed by atoms with Crippen LogP contribution in [0.2, 0.25) is 0 Å². The lowest BCUT2D eigenvalue weighted by Crippen LogP contribution is -2.40. The Hall–Kier alpha value is -1.24. The highest BCUT2D eigenvalue weighted by Crippen LogP contribution is 2.23. The first kappa shape index (κ1) is 13.8. The van der Waals surface area contributed by atoms with Crippen molar-refractivity contribution in [1.82, 2.24) is 9.97 Å². The predicted octanol–water partition coefficient (Wildman–Crippen LogP) is -0.199. The van der Waals surface area contributed by atoms with Crippen LogP contribution in [0.1, 0.15) is 36.3 Å². The third-order valence-corrected chi connectivity index (χ3v) is 2.72. The molecule has 6 N–H and O–H groups in total. The zero-order valence-electron chi connectivity index (χ0n) is 9.85. The van der Waals surface area contributed by atoms with E-state index in [0.29, 0.717) is 38.8 Å². The Bertz CT molecular complexity index is 329. The quantitative estimate of drug-likeness (QED) is 0.469. The molecule has 0 radical (unpaired) electrons. The normalized spacial score (nSPS) is 11.7. The van der Waals surface area contributed by atoms with Crippen LogP contribution in [-0.2, 0) is 0 Å². The molecular formula is C11H20N4O2. The Morgan fingerprint density at radius 3 is 2.35 bits per heavy atom. The average Bonchev–Trinajstić information content (AvgIpc) is 2.86. The van der Waals surface area contributed by atoms with E-state index in [1.807, 2.05) is 0 Å². The fourth-order valence-corrected chi connectivity index (χ4v) is 1.75. The molecule has 1 heterocycles. The molecule has 1 aromatic rings. The highest BCUT2D eigenvalue weighted by atomic mass is 16.3. The zero-order chi connectivity index (χ0) is 12.7. The van der Waals surface area contributed by atoms with Gasteiger partial charge in [-0.25, -0.2) is 4.98 Å². The number of imidazole rings is 1. The summed E-state index contributed by atoms with van der Waals surface area (Å²) in [5.41, 5.74) is 9.42. The number of hydrogen-bond acceptors (Lipinski definition) is 5. The molecule has 0 bridgehead atoms. The van der Waals surface area contributed by atoms with Crippen LogP contribution in [0, 0.1) is 0 Å². The van der Waals surface area contributed by atoms with Gasteiger partial charge in [-0.15, -0.1) is 0 Å². The number of aromatic amines is 1. The first-order chi connectivity index (χ1) is 8.14. The minimum Gasteiger partial charge on any atom is -0.382 e. The van der Waals surface area contributed by atoms with Gasteiger partial charge in [-0.1, -0.05) is 0 Å². The Balaban J connectivity index is 2.77. The number of aliphatic hydroxyl groups is 1. The average molecular weight is 240 g/mol. The van der Waals surface area contributed by atoms with Gasteiger partial charge in [-0.05, 0) is 38.8 Å². The molecule has 0 aromatic carbocycles. The second kappa shape index (κ2) is 6.48. The minimum atomic E-state index is -1.41. The van der Waals surface area contributed by atoms with Gasteiger partial charge in [-0.2, -0.15) is 0 Å². The van der Waals surface area contributed by atoms with Crippen LogP contribution in [-0.4, -0.2) is 39.5 Å². The van der Waals surface area contributed by atoms with Crippen molar-refractivity contribution in [2.45, 2.75) is 31.3 Å². The number of hydrogen-bond donors (Lipinski definition) is 4. The number of carbonyl (C=O) groups is 1. The van der Waals surface area contributed by atoms with Crippen LogP contribution in [0.3, 0.4) is 0 Å². The molecule has 6 heteroatoms. The number of nitrogens with one attached hydrogen (secondary N) is 1. The van der Waals surface area contributed by atoms with Gasteiger partial charge in [0.25, 0.3) is 0 Å². The summed E-state index contributed by atoms with van der Waals surface area (Å²) in [4.78, 5) is 18.7. The monoisotopic (exact) mass is 240 g/mol. The molecule has 0 amide bonds. The van der Waals surface area contributed by atoms with E-state index in [4.69, 9.17) is 11.5 Å².